The molecule has 0 aromatic heterocycles. The molecule has 3 atom stereocenters. The van der Waals surface area contributed by atoms with Crippen molar-refractivity contribution in [2.24, 2.45) is 5.92 Å². The zero-order chi connectivity index (χ0) is 14.3. The summed E-state index contributed by atoms with van der Waals surface area (Å²) in [6.45, 7) is 5.00. The second-order valence-corrected chi connectivity index (χ2v) is 5.50. The van der Waals surface area contributed by atoms with Crippen molar-refractivity contribution >= 4 is 11.9 Å². The number of carbonyl (C=O) groups is 2. The predicted molar refractivity (Wildman–Crippen MR) is 73.9 cm³/mol. The van der Waals surface area contributed by atoms with Crippen LogP contribution in [0.5, 0.6) is 0 Å². The van der Waals surface area contributed by atoms with Crippen LogP contribution in [0.25, 0.3) is 0 Å². The Bertz CT molecular complexity index is 307. The Morgan fingerprint density at radius 2 is 2.21 bits per heavy atom. The third-order valence-corrected chi connectivity index (χ3v) is 3.82. The Morgan fingerprint density at radius 3 is 2.84 bits per heavy atom. The van der Waals surface area contributed by atoms with Gasteiger partial charge in [0.05, 0.1) is 6.04 Å². The van der Waals surface area contributed by atoms with Crippen LogP contribution in [0.15, 0.2) is 0 Å². The highest BCUT2D eigenvalue weighted by Crippen LogP contribution is 2.19. The predicted octanol–water partition coefficient (Wildman–Crippen LogP) is 1.52. The van der Waals surface area contributed by atoms with Gasteiger partial charge in [0.2, 0.25) is 5.91 Å². The maximum absolute atomic E-state index is 12.1. The van der Waals surface area contributed by atoms with Gasteiger partial charge in [0.25, 0.3) is 0 Å². The lowest BCUT2D eigenvalue weighted by Crippen LogP contribution is -2.50. The van der Waals surface area contributed by atoms with E-state index in [1.54, 1.807) is 0 Å². The van der Waals surface area contributed by atoms with E-state index in [9.17, 15) is 9.59 Å². The number of carboxylic acids is 1. The number of carbonyl (C=O) groups excluding carboxylic acids is 1. The molecule has 1 aliphatic rings. The van der Waals surface area contributed by atoms with E-state index in [1.807, 2.05) is 6.92 Å². The number of amides is 1. The third-order valence-electron chi connectivity index (χ3n) is 3.82. The number of rotatable bonds is 7. The largest absolute Gasteiger partial charge is 0.481 e. The highest BCUT2D eigenvalue weighted by Gasteiger charge is 2.26. The van der Waals surface area contributed by atoms with E-state index in [1.165, 1.54) is 0 Å². The number of hydrogen-bond donors (Lipinski definition) is 3. The average Bonchev–Trinajstić information content (AvgIpc) is 2.38. The number of aliphatic carboxylic acids is 1. The molecule has 1 amide bonds. The number of carboxylic acid groups (broad SMARTS) is 1. The monoisotopic (exact) mass is 270 g/mol. The van der Waals surface area contributed by atoms with Crippen molar-refractivity contribution in [3.63, 3.8) is 0 Å². The molecule has 110 valence electrons. The van der Waals surface area contributed by atoms with Gasteiger partial charge in [-0.05, 0) is 45.1 Å². The zero-order valence-corrected chi connectivity index (χ0v) is 11.9. The van der Waals surface area contributed by atoms with Gasteiger partial charge in [-0.3, -0.25) is 9.59 Å². The molecule has 0 radical (unpaired) electrons. The molecule has 3 N–H and O–H groups in total. The lowest BCUT2D eigenvalue weighted by molar-refractivity contribution is -0.137. The van der Waals surface area contributed by atoms with Gasteiger partial charge in [0.1, 0.15) is 0 Å². The van der Waals surface area contributed by atoms with Crippen LogP contribution in [0.2, 0.25) is 0 Å². The van der Waals surface area contributed by atoms with Crippen molar-refractivity contribution in [3.05, 3.63) is 0 Å². The maximum atomic E-state index is 12.1. The van der Waals surface area contributed by atoms with Crippen LogP contribution < -0.4 is 10.6 Å². The van der Waals surface area contributed by atoms with Crippen molar-refractivity contribution in [2.45, 2.75) is 64.5 Å². The molecule has 0 saturated carbocycles. The lowest BCUT2D eigenvalue weighted by atomic mass is 9.90. The first-order valence-corrected chi connectivity index (χ1v) is 7.28. The Kier molecular flexibility index (Phi) is 6.84. The summed E-state index contributed by atoms with van der Waals surface area (Å²) in [4.78, 5) is 22.5. The smallest absolute Gasteiger partial charge is 0.303 e. The molecular weight excluding hydrogens is 244 g/mol. The number of nitrogens with one attached hydrogen (secondary N) is 2. The first-order valence-electron chi connectivity index (χ1n) is 7.28. The molecular formula is C14H26N2O3. The SMILES string of the molecule is CCC1CCNC(C(=O)NC(C)CCCC(=O)O)C1. The van der Waals surface area contributed by atoms with Crippen LogP contribution in [0.3, 0.4) is 0 Å². The molecule has 19 heavy (non-hydrogen) atoms. The number of piperidine rings is 1. The summed E-state index contributed by atoms with van der Waals surface area (Å²) in [7, 11) is 0. The van der Waals surface area contributed by atoms with Gasteiger partial charge >= 0.3 is 5.97 Å². The normalized spacial score (nSPS) is 24.7. The van der Waals surface area contributed by atoms with Crippen LogP contribution in [-0.2, 0) is 9.59 Å². The molecule has 1 heterocycles. The Labute approximate surface area is 115 Å². The quantitative estimate of drug-likeness (QED) is 0.655. The van der Waals surface area contributed by atoms with E-state index >= 15 is 0 Å². The lowest BCUT2D eigenvalue weighted by Gasteiger charge is -2.29. The second kappa shape index (κ2) is 8.15. The van der Waals surface area contributed by atoms with Gasteiger partial charge in [0, 0.05) is 12.5 Å². The van der Waals surface area contributed by atoms with Crippen molar-refractivity contribution < 1.29 is 14.7 Å². The van der Waals surface area contributed by atoms with Crippen molar-refractivity contribution in [2.75, 3.05) is 6.54 Å². The van der Waals surface area contributed by atoms with Gasteiger partial charge < -0.3 is 15.7 Å². The molecule has 1 rings (SSSR count). The molecule has 3 unspecified atom stereocenters. The summed E-state index contributed by atoms with van der Waals surface area (Å²) in [5.41, 5.74) is 0. The molecule has 0 aromatic carbocycles. The summed E-state index contributed by atoms with van der Waals surface area (Å²) in [6, 6.07) is -0.0451. The van der Waals surface area contributed by atoms with Crippen LogP contribution in [0, 0.1) is 5.92 Å². The molecule has 0 bridgehead atoms. The Hall–Kier alpha value is -1.10. The van der Waals surface area contributed by atoms with Gasteiger partial charge in [-0.1, -0.05) is 13.3 Å². The van der Waals surface area contributed by atoms with Crippen molar-refractivity contribution in [3.8, 4) is 0 Å². The third kappa shape index (κ3) is 6.05. The minimum Gasteiger partial charge on any atom is -0.481 e. The van der Waals surface area contributed by atoms with E-state index in [2.05, 4.69) is 17.6 Å². The summed E-state index contributed by atoms with van der Waals surface area (Å²) >= 11 is 0. The van der Waals surface area contributed by atoms with E-state index in [-0.39, 0.29) is 24.4 Å². The molecule has 0 aliphatic carbocycles. The van der Waals surface area contributed by atoms with Crippen LogP contribution in [-0.4, -0.2) is 35.6 Å². The van der Waals surface area contributed by atoms with Crippen molar-refractivity contribution in [1.29, 1.82) is 0 Å². The Balaban J connectivity index is 2.27. The van der Waals surface area contributed by atoms with Gasteiger partial charge in [-0.15, -0.1) is 0 Å². The molecule has 0 spiro atoms. The standard InChI is InChI=1S/C14H26N2O3/c1-3-11-7-8-15-12(9-11)14(19)16-10(2)5-4-6-13(17)18/h10-12,15H,3-9H2,1-2H3,(H,16,19)(H,17,18). The molecule has 1 fully saturated rings. The molecule has 5 heteroatoms. The summed E-state index contributed by atoms with van der Waals surface area (Å²) in [5.74, 6) is -0.0847. The average molecular weight is 270 g/mol. The summed E-state index contributed by atoms with van der Waals surface area (Å²) in [5, 5.41) is 14.8. The van der Waals surface area contributed by atoms with E-state index in [4.69, 9.17) is 5.11 Å². The van der Waals surface area contributed by atoms with Crippen LogP contribution in [0.1, 0.15) is 52.4 Å². The molecule has 1 saturated heterocycles. The van der Waals surface area contributed by atoms with Gasteiger partial charge in [-0.25, -0.2) is 0 Å². The summed E-state index contributed by atoms with van der Waals surface area (Å²) in [6.07, 6.45) is 4.66. The van der Waals surface area contributed by atoms with Crippen LogP contribution >= 0.6 is 0 Å². The first kappa shape index (κ1) is 16.0. The van der Waals surface area contributed by atoms with E-state index in [0.717, 1.165) is 25.8 Å². The second-order valence-electron chi connectivity index (χ2n) is 5.50. The Morgan fingerprint density at radius 1 is 1.47 bits per heavy atom. The fourth-order valence-electron chi connectivity index (χ4n) is 2.54. The molecule has 5 nitrogen and oxygen atoms in total. The number of hydrogen-bond acceptors (Lipinski definition) is 3. The van der Waals surface area contributed by atoms with Crippen molar-refractivity contribution in [1.82, 2.24) is 10.6 Å². The van der Waals surface area contributed by atoms with Gasteiger partial charge in [-0.2, -0.15) is 0 Å². The highest BCUT2D eigenvalue weighted by atomic mass is 16.4. The molecule has 0 aromatic rings. The summed E-state index contributed by atoms with van der Waals surface area (Å²) < 4.78 is 0. The zero-order valence-electron chi connectivity index (χ0n) is 11.9. The topological polar surface area (TPSA) is 78.4 Å². The van der Waals surface area contributed by atoms with E-state index in [0.29, 0.717) is 18.8 Å². The minimum atomic E-state index is -0.779. The molecule has 1 aliphatic heterocycles. The fraction of sp³-hybridized carbons (Fsp3) is 0.857. The van der Waals surface area contributed by atoms with Gasteiger partial charge in [0.15, 0.2) is 0 Å². The van der Waals surface area contributed by atoms with E-state index < -0.39 is 5.97 Å². The van der Waals surface area contributed by atoms with Crippen LogP contribution in [0.4, 0.5) is 0 Å². The minimum absolute atomic E-state index is 0.0376. The first-order chi connectivity index (χ1) is 9.02. The maximum Gasteiger partial charge on any atom is 0.303 e. The fourth-order valence-corrected chi connectivity index (χ4v) is 2.54. The highest BCUT2D eigenvalue weighted by molar-refractivity contribution is 5.82.